The molecule has 1 aromatic carbocycles. The summed E-state index contributed by atoms with van der Waals surface area (Å²) in [5.41, 5.74) is 1.57. The molecule has 0 radical (unpaired) electrons. The Hall–Kier alpha value is -2.31. The lowest BCUT2D eigenvalue weighted by molar-refractivity contribution is -0.139. The predicted molar refractivity (Wildman–Crippen MR) is 67.9 cm³/mol. The van der Waals surface area contributed by atoms with Crippen LogP contribution in [-0.4, -0.2) is 23.6 Å². The van der Waals surface area contributed by atoms with E-state index >= 15 is 0 Å². The topological polar surface area (TPSA) is 70.6 Å². The van der Waals surface area contributed by atoms with E-state index in [1.807, 2.05) is 5.43 Å². The monoisotopic (exact) mass is 281 g/mol. The highest BCUT2D eigenvalue weighted by Crippen LogP contribution is 2.18. The molecule has 0 unspecified atom stereocenters. The van der Waals surface area contributed by atoms with Crippen LogP contribution in [0.5, 0.6) is 0 Å². The van der Waals surface area contributed by atoms with Gasteiger partial charge in [-0.2, -0.15) is 5.10 Å². The third kappa shape index (κ3) is 3.37. The second-order valence-electron chi connectivity index (χ2n) is 4.48. The lowest BCUT2D eigenvalue weighted by Gasteiger charge is -2.05. The fourth-order valence-corrected chi connectivity index (χ4v) is 1.56. The summed E-state index contributed by atoms with van der Waals surface area (Å²) in [6.45, 7) is 1.33. The van der Waals surface area contributed by atoms with Gasteiger partial charge in [0, 0.05) is 6.04 Å². The molecule has 2 amide bonds. The van der Waals surface area contributed by atoms with Crippen molar-refractivity contribution in [1.82, 2.24) is 10.7 Å². The molecule has 5 nitrogen and oxygen atoms in total. The SMILES string of the molecule is C/C(=N/NC(=O)C(=O)NC1CC1)c1c(F)cccc1F. The second-order valence-corrected chi connectivity index (χ2v) is 4.48. The molecule has 0 bridgehead atoms. The first-order chi connectivity index (χ1) is 9.49. The fourth-order valence-electron chi connectivity index (χ4n) is 1.56. The van der Waals surface area contributed by atoms with Gasteiger partial charge < -0.3 is 5.32 Å². The number of nitrogens with zero attached hydrogens (tertiary/aromatic N) is 1. The third-order valence-corrected chi connectivity index (χ3v) is 2.77. The molecule has 7 heteroatoms. The van der Waals surface area contributed by atoms with E-state index in [0.29, 0.717) is 0 Å². The molecule has 0 aliphatic heterocycles. The van der Waals surface area contributed by atoms with Crippen LogP contribution in [0.4, 0.5) is 8.78 Å². The number of halogens is 2. The molecule has 2 rings (SSSR count). The summed E-state index contributed by atoms with van der Waals surface area (Å²) in [6.07, 6.45) is 1.70. The standard InChI is InChI=1S/C13H13F2N3O2/c1-7(11-9(14)3-2-4-10(11)15)17-18-13(20)12(19)16-8-5-6-8/h2-4,8H,5-6H2,1H3,(H,16,19)(H,18,20)/b17-7-. The zero-order valence-electron chi connectivity index (χ0n) is 10.7. The first-order valence-electron chi connectivity index (χ1n) is 6.08. The van der Waals surface area contributed by atoms with Gasteiger partial charge in [0.1, 0.15) is 11.6 Å². The van der Waals surface area contributed by atoms with Crippen LogP contribution in [0.15, 0.2) is 23.3 Å². The van der Waals surface area contributed by atoms with E-state index in [1.54, 1.807) is 0 Å². The average Bonchev–Trinajstić information content (AvgIpc) is 3.19. The lowest BCUT2D eigenvalue weighted by atomic mass is 10.1. The molecule has 0 spiro atoms. The highest BCUT2D eigenvalue weighted by atomic mass is 19.1. The Morgan fingerprint density at radius 2 is 1.80 bits per heavy atom. The van der Waals surface area contributed by atoms with E-state index in [0.717, 1.165) is 25.0 Å². The Balaban J connectivity index is 2.03. The van der Waals surface area contributed by atoms with Gasteiger partial charge >= 0.3 is 11.8 Å². The van der Waals surface area contributed by atoms with Gasteiger partial charge in [-0.05, 0) is 31.9 Å². The summed E-state index contributed by atoms with van der Waals surface area (Å²) >= 11 is 0. The number of nitrogens with one attached hydrogen (secondary N) is 2. The minimum absolute atomic E-state index is 0.0438. The molecular formula is C13H13F2N3O2. The smallest absolute Gasteiger partial charge is 0.329 e. The molecule has 0 aromatic heterocycles. The average molecular weight is 281 g/mol. The van der Waals surface area contributed by atoms with Crippen LogP contribution in [0.2, 0.25) is 0 Å². The minimum atomic E-state index is -0.965. The Morgan fingerprint density at radius 3 is 2.35 bits per heavy atom. The molecule has 0 atom stereocenters. The van der Waals surface area contributed by atoms with E-state index < -0.39 is 23.4 Å². The van der Waals surface area contributed by atoms with Crippen LogP contribution in [0, 0.1) is 11.6 Å². The minimum Gasteiger partial charge on any atom is -0.345 e. The molecule has 1 aromatic rings. The molecule has 1 aliphatic carbocycles. The van der Waals surface area contributed by atoms with Crippen molar-refractivity contribution in [2.24, 2.45) is 5.10 Å². The van der Waals surface area contributed by atoms with E-state index in [2.05, 4.69) is 10.4 Å². The van der Waals surface area contributed by atoms with Gasteiger partial charge in [-0.15, -0.1) is 0 Å². The maximum atomic E-state index is 13.5. The van der Waals surface area contributed by atoms with E-state index in [4.69, 9.17) is 0 Å². The number of amides is 2. The lowest BCUT2D eigenvalue weighted by Crippen LogP contribution is -2.39. The van der Waals surface area contributed by atoms with Crippen molar-refractivity contribution < 1.29 is 18.4 Å². The maximum absolute atomic E-state index is 13.5. The number of benzene rings is 1. The maximum Gasteiger partial charge on any atom is 0.329 e. The summed E-state index contributed by atoms with van der Waals surface area (Å²) < 4.78 is 26.9. The van der Waals surface area contributed by atoms with E-state index in [1.165, 1.54) is 13.0 Å². The molecule has 2 N–H and O–H groups in total. The number of hydrogen-bond acceptors (Lipinski definition) is 3. The number of carbonyl (C=O) groups is 2. The van der Waals surface area contributed by atoms with E-state index in [-0.39, 0.29) is 17.3 Å². The summed E-state index contributed by atoms with van der Waals surface area (Å²) in [6, 6.07) is 3.43. The van der Waals surface area contributed by atoms with Crippen LogP contribution in [0.3, 0.4) is 0 Å². The fraction of sp³-hybridized carbons (Fsp3) is 0.308. The largest absolute Gasteiger partial charge is 0.345 e. The van der Waals surface area contributed by atoms with Crippen molar-refractivity contribution in [2.45, 2.75) is 25.8 Å². The third-order valence-electron chi connectivity index (χ3n) is 2.77. The number of hydrogen-bond donors (Lipinski definition) is 2. The Bertz CT molecular complexity index is 563. The number of carbonyl (C=O) groups excluding carboxylic acids is 2. The van der Waals surface area contributed by atoms with Crippen LogP contribution in [-0.2, 0) is 9.59 Å². The van der Waals surface area contributed by atoms with Crippen molar-refractivity contribution in [3.8, 4) is 0 Å². The summed E-state index contributed by atoms with van der Waals surface area (Å²) in [5.74, 6) is -3.35. The normalized spacial score (nSPS) is 14.8. The molecular weight excluding hydrogens is 268 g/mol. The zero-order chi connectivity index (χ0) is 14.7. The molecule has 0 heterocycles. The van der Waals surface area contributed by atoms with Crippen molar-refractivity contribution in [3.05, 3.63) is 35.4 Å². The molecule has 1 saturated carbocycles. The highest BCUT2D eigenvalue weighted by Gasteiger charge is 2.26. The summed E-state index contributed by atoms with van der Waals surface area (Å²) in [4.78, 5) is 22.7. The Morgan fingerprint density at radius 1 is 1.20 bits per heavy atom. The van der Waals surface area contributed by atoms with Gasteiger partial charge in [0.05, 0.1) is 11.3 Å². The van der Waals surface area contributed by atoms with Crippen molar-refractivity contribution >= 4 is 17.5 Å². The molecule has 106 valence electrons. The first-order valence-corrected chi connectivity index (χ1v) is 6.08. The summed E-state index contributed by atoms with van der Waals surface area (Å²) in [5, 5.41) is 6.01. The van der Waals surface area contributed by atoms with Crippen molar-refractivity contribution in [3.63, 3.8) is 0 Å². The van der Waals surface area contributed by atoms with Gasteiger partial charge in [0.2, 0.25) is 0 Å². The molecule has 20 heavy (non-hydrogen) atoms. The molecule has 1 fully saturated rings. The Labute approximate surface area is 114 Å². The van der Waals surface area contributed by atoms with Crippen LogP contribution in [0.25, 0.3) is 0 Å². The van der Waals surface area contributed by atoms with Crippen LogP contribution in [0.1, 0.15) is 25.3 Å². The van der Waals surface area contributed by atoms with Gasteiger partial charge in [0.15, 0.2) is 0 Å². The quantitative estimate of drug-likeness (QED) is 0.494. The van der Waals surface area contributed by atoms with Gasteiger partial charge in [-0.25, -0.2) is 14.2 Å². The van der Waals surface area contributed by atoms with Crippen molar-refractivity contribution in [1.29, 1.82) is 0 Å². The zero-order valence-corrected chi connectivity index (χ0v) is 10.7. The predicted octanol–water partition coefficient (Wildman–Crippen LogP) is 1.08. The van der Waals surface area contributed by atoms with Gasteiger partial charge in [-0.1, -0.05) is 6.07 Å². The Kier molecular flexibility index (Phi) is 4.07. The molecule has 1 aliphatic rings. The van der Waals surface area contributed by atoms with Crippen LogP contribution >= 0.6 is 0 Å². The molecule has 0 saturated heterocycles. The first kappa shape index (κ1) is 14.1. The summed E-state index contributed by atoms with van der Waals surface area (Å²) in [7, 11) is 0. The second kappa shape index (κ2) is 5.77. The van der Waals surface area contributed by atoms with Gasteiger partial charge in [0.25, 0.3) is 0 Å². The number of hydrazone groups is 1. The van der Waals surface area contributed by atoms with Crippen LogP contribution < -0.4 is 10.7 Å². The van der Waals surface area contributed by atoms with Crippen molar-refractivity contribution in [2.75, 3.05) is 0 Å². The number of rotatable bonds is 3. The highest BCUT2D eigenvalue weighted by molar-refractivity contribution is 6.35. The van der Waals surface area contributed by atoms with Gasteiger partial charge in [-0.3, -0.25) is 9.59 Å². The van der Waals surface area contributed by atoms with E-state index in [9.17, 15) is 18.4 Å².